The number of fused-ring (bicyclic) bond motifs is 1. The lowest BCUT2D eigenvalue weighted by atomic mass is 10.00. The molecule has 0 radical (unpaired) electrons. The van der Waals surface area contributed by atoms with E-state index in [9.17, 15) is 40.5 Å². The van der Waals surface area contributed by atoms with Crippen molar-refractivity contribution in [2.45, 2.75) is 37.6 Å². The van der Waals surface area contributed by atoms with Crippen LogP contribution in [0.4, 0.5) is 0 Å². The Bertz CT molecular complexity index is 1300. The zero-order valence-electron chi connectivity index (χ0n) is 17.9. The molecule has 0 saturated carbocycles. The van der Waals surface area contributed by atoms with Crippen LogP contribution >= 0.6 is 0 Å². The van der Waals surface area contributed by atoms with Crippen molar-refractivity contribution >= 4 is 11.0 Å². The highest BCUT2D eigenvalue weighted by Crippen LogP contribution is 2.44. The van der Waals surface area contributed by atoms with Crippen LogP contribution in [0.3, 0.4) is 0 Å². The maximum absolute atomic E-state index is 13.4. The number of rotatable bonds is 4. The molecule has 1 fully saturated rings. The van der Waals surface area contributed by atoms with E-state index in [0.717, 1.165) is 25.3 Å². The van der Waals surface area contributed by atoms with Gasteiger partial charge in [-0.05, 0) is 25.1 Å². The summed E-state index contributed by atoms with van der Waals surface area (Å²) in [6.07, 6.45) is -7.48. The van der Waals surface area contributed by atoms with Crippen LogP contribution in [-0.4, -0.2) is 73.6 Å². The molecule has 182 valence electrons. The maximum atomic E-state index is 13.4. The van der Waals surface area contributed by atoms with Crippen molar-refractivity contribution in [2.75, 3.05) is 7.11 Å². The normalized spacial score (nSPS) is 24.8. The van der Waals surface area contributed by atoms with Crippen LogP contribution < -0.4 is 14.9 Å². The molecular formula is C22H22O12. The molecule has 5 atom stereocenters. The largest absolute Gasteiger partial charge is 0.504 e. The van der Waals surface area contributed by atoms with Crippen molar-refractivity contribution in [1.82, 2.24) is 0 Å². The molecule has 0 spiro atoms. The minimum Gasteiger partial charge on any atom is -0.504 e. The number of benzene rings is 2. The second-order valence-corrected chi connectivity index (χ2v) is 7.74. The molecule has 1 saturated heterocycles. The van der Waals surface area contributed by atoms with Gasteiger partial charge in [-0.2, -0.15) is 0 Å². The molecule has 4 rings (SSSR count). The van der Waals surface area contributed by atoms with E-state index in [0.29, 0.717) is 0 Å². The first-order chi connectivity index (χ1) is 16.0. The Hall–Kier alpha value is -3.71. The molecule has 2 heterocycles. The second kappa shape index (κ2) is 8.57. The Balaban J connectivity index is 1.96. The number of phenols is 4. The number of methoxy groups -OCH3 is 1. The average molecular weight is 478 g/mol. The number of ether oxygens (including phenoxy) is 3. The highest BCUT2D eigenvalue weighted by Gasteiger charge is 2.44. The Labute approximate surface area is 191 Å². The van der Waals surface area contributed by atoms with Crippen molar-refractivity contribution in [2.24, 2.45) is 0 Å². The molecule has 0 amide bonds. The monoisotopic (exact) mass is 478 g/mol. The van der Waals surface area contributed by atoms with Crippen molar-refractivity contribution in [1.29, 1.82) is 0 Å². The summed E-state index contributed by atoms with van der Waals surface area (Å²) in [5.41, 5.74) is -1.20. The fourth-order valence-corrected chi connectivity index (χ4v) is 3.68. The third kappa shape index (κ3) is 3.72. The average Bonchev–Trinajstić information content (AvgIpc) is 2.79. The van der Waals surface area contributed by atoms with Gasteiger partial charge in [0.2, 0.25) is 23.2 Å². The summed E-state index contributed by atoms with van der Waals surface area (Å²) in [6.45, 7) is 1.41. The lowest BCUT2D eigenvalue weighted by Crippen LogP contribution is -2.58. The third-order valence-corrected chi connectivity index (χ3v) is 5.53. The number of phenolic OH excluding ortho intramolecular Hbond substituents is 4. The van der Waals surface area contributed by atoms with Crippen LogP contribution in [0.25, 0.3) is 22.3 Å². The van der Waals surface area contributed by atoms with Crippen molar-refractivity contribution in [3.8, 4) is 45.8 Å². The summed E-state index contributed by atoms with van der Waals surface area (Å²) in [5.74, 6) is -3.59. The molecule has 12 nitrogen and oxygen atoms in total. The number of aliphatic hydroxyl groups excluding tert-OH is 3. The fourth-order valence-electron chi connectivity index (χ4n) is 3.68. The Morgan fingerprint density at radius 3 is 2.24 bits per heavy atom. The molecule has 34 heavy (non-hydrogen) atoms. The summed E-state index contributed by atoms with van der Waals surface area (Å²) in [7, 11) is 1.16. The molecule has 0 aliphatic carbocycles. The number of hydrogen-bond donors (Lipinski definition) is 7. The molecule has 7 N–H and O–H groups in total. The molecule has 0 bridgehead atoms. The van der Waals surface area contributed by atoms with Gasteiger partial charge >= 0.3 is 0 Å². The number of hydrogen-bond acceptors (Lipinski definition) is 12. The van der Waals surface area contributed by atoms with Crippen LogP contribution in [0, 0.1) is 0 Å². The second-order valence-electron chi connectivity index (χ2n) is 7.74. The molecule has 1 aromatic heterocycles. The fraction of sp³-hybridized carbons (Fsp3) is 0.318. The molecule has 1 aliphatic heterocycles. The minimum atomic E-state index is -1.77. The van der Waals surface area contributed by atoms with E-state index >= 15 is 0 Å². The van der Waals surface area contributed by atoms with Crippen LogP contribution in [0.1, 0.15) is 6.92 Å². The van der Waals surface area contributed by atoms with E-state index in [1.165, 1.54) is 13.0 Å². The molecular weight excluding hydrogens is 456 g/mol. The Morgan fingerprint density at radius 1 is 0.882 bits per heavy atom. The van der Waals surface area contributed by atoms with Gasteiger partial charge in [-0.3, -0.25) is 4.79 Å². The van der Waals surface area contributed by atoms with E-state index in [2.05, 4.69) is 0 Å². The van der Waals surface area contributed by atoms with E-state index < -0.39 is 76.0 Å². The van der Waals surface area contributed by atoms with E-state index in [1.54, 1.807) is 0 Å². The SMILES string of the molecule is COc1c(O)cc2oc(-c3ccc(O)c(O)c3)c(O[C@@H]3O[C@@H](C)[C@H](O)[C@H](O)[C@@H]3O)c(=O)c2c1O. The predicted octanol–water partition coefficient (Wildman–Crippen LogP) is 0.497. The summed E-state index contributed by atoms with van der Waals surface area (Å²) < 4.78 is 21.6. The lowest BCUT2D eigenvalue weighted by molar-refractivity contribution is -0.268. The lowest BCUT2D eigenvalue weighted by Gasteiger charge is -2.38. The zero-order chi connectivity index (χ0) is 24.9. The predicted molar refractivity (Wildman–Crippen MR) is 114 cm³/mol. The van der Waals surface area contributed by atoms with Gasteiger partial charge in [0.05, 0.1) is 13.2 Å². The smallest absolute Gasteiger partial charge is 0.239 e. The topological polar surface area (TPSA) is 200 Å². The first-order valence-electron chi connectivity index (χ1n) is 10.0. The molecule has 2 aromatic carbocycles. The molecule has 0 unspecified atom stereocenters. The van der Waals surface area contributed by atoms with Crippen LogP contribution in [0.2, 0.25) is 0 Å². The minimum absolute atomic E-state index is 0.0398. The van der Waals surface area contributed by atoms with Crippen LogP contribution in [0.15, 0.2) is 33.5 Å². The van der Waals surface area contributed by atoms with E-state index in [1.807, 2.05) is 0 Å². The summed E-state index contributed by atoms with van der Waals surface area (Å²) in [5, 5.41) is 70.1. The van der Waals surface area contributed by atoms with E-state index in [4.69, 9.17) is 18.6 Å². The first-order valence-corrected chi connectivity index (χ1v) is 10.0. The van der Waals surface area contributed by atoms with Crippen molar-refractivity contribution in [3.63, 3.8) is 0 Å². The van der Waals surface area contributed by atoms with Crippen molar-refractivity contribution < 1.29 is 54.4 Å². The van der Waals surface area contributed by atoms with Gasteiger partial charge in [-0.1, -0.05) is 0 Å². The zero-order valence-corrected chi connectivity index (χ0v) is 17.9. The standard InChI is InChI=1S/C22H22O12/c1-7-14(26)17(29)18(30)22(32-7)34-21-16(28)13-12(6-11(25)20(31-2)15(13)27)33-19(21)8-3-4-9(23)10(24)5-8/h3-7,14,17-18,22-27,29-30H,1-2H3/t7-,14-,17-,18-,22-/m0/s1. The number of aliphatic hydroxyl groups is 3. The molecule has 1 aliphatic rings. The summed E-state index contributed by atoms with van der Waals surface area (Å²) in [4.78, 5) is 13.4. The quantitative estimate of drug-likeness (QED) is 0.257. The Kier molecular flexibility index (Phi) is 5.91. The van der Waals surface area contributed by atoms with Gasteiger partial charge in [0.15, 0.2) is 28.8 Å². The van der Waals surface area contributed by atoms with Crippen LogP contribution in [-0.2, 0) is 4.74 Å². The van der Waals surface area contributed by atoms with Gasteiger partial charge in [0.1, 0.15) is 29.3 Å². The highest BCUT2D eigenvalue weighted by molar-refractivity contribution is 5.91. The Morgan fingerprint density at radius 2 is 1.59 bits per heavy atom. The highest BCUT2D eigenvalue weighted by atomic mass is 16.7. The van der Waals surface area contributed by atoms with Gasteiger partial charge in [-0.15, -0.1) is 0 Å². The van der Waals surface area contributed by atoms with Crippen molar-refractivity contribution in [3.05, 3.63) is 34.5 Å². The van der Waals surface area contributed by atoms with Gasteiger partial charge < -0.3 is 54.4 Å². The first kappa shape index (κ1) is 23.4. The maximum Gasteiger partial charge on any atom is 0.239 e. The third-order valence-electron chi connectivity index (χ3n) is 5.53. The van der Waals surface area contributed by atoms with Gasteiger partial charge in [0.25, 0.3) is 0 Å². The molecule has 12 heteroatoms. The van der Waals surface area contributed by atoms with E-state index in [-0.39, 0.29) is 16.9 Å². The van der Waals surface area contributed by atoms with Crippen LogP contribution in [0.5, 0.6) is 34.5 Å². The summed E-state index contributed by atoms with van der Waals surface area (Å²) in [6, 6.07) is 4.50. The van der Waals surface area contributed by atoms with Gasteiger partial charge in [-0.25, -0.2) is 0 Å². The molecule has 3 aromatic rings. The summed E-state index contributed by atoms with van der Waals surface area (Å²) >= 11 is 0. The number of aromatic hydroxyl groups is 4. The van der Waals surface area contributed by atoms with Gasteiger partial charge in [0, 0.05) is 11.6 Å².